The van der Waals surface area contributed by atoms with E-state index in [1.165, 1.54) is 24.7 Å². The molecule has 0 fully saturated rings. The lowest BCUT2D eigenvalue weighted by Crippen LogP contribution is -2.27. The van der Waals surface area contributed by atoms with Crippen molar-refractivity contribution >= 4 is 48.2 Å². The molecule has 9 nitrogen and oxygen atoms in total. The van der Waals surface area contributed by atoms with Crippen LogP contribution in [0.2, 0.25) is 0 Å². The van der Waals surface area contributed by atoms with Gasteiger partial charge in [-0.25, -0.2) is 22.8 Å². The Morgan fingerprint density at radius 2 is 2.00 bits per heavy atom. The van der Waals surface area contributed by atoms with Crippen molar-refractivity contribution in [3.63, 3.8) is 0 Å². The Balaban J connectivity index is 1.29. The zero-order chi connectivity index (χ0) is 29.6. The van der Waals surface area contributed by atoms with Crippen LogP contribution in [0, 0.1) is 5.82 Å². The number of pyridine rings is 1. The molecule has 0 radical (unpaired) electrons. The summed E-state index contributed by atoms with van der Waals surface area (Å²) in [5.74, 6) is 0.924. The van der Waals surface area contributed by atoms with E-state index in [1.807, 2.05) is 36.4 Å². The minimum atomic E-state index is -3.06. The number of hydrogen-bond acceptors (Lipinski definition) is 9. The molecule has 2 aromatic carbocycles. The van der Waals surface area contributed by atoms with Gasteiger partial charge in [-0.1, -0.05) is 12.1 Å². The number of benzene rings is 2. The van der Waals surface area contributed by atoms with Gasteiger partial charge in [0.2, 0.25) is 0 Å². The van der Waals surface area contributed by atoms with Gasteiger partial charge in [0.25, 0.3) is 0 Å². The van der Waals surface area contributed by atoms with E-state index in [4.69, 9.17) is 14.2 Å². The third kappa shape index (κ3) is 7.61. The molecule has 4 aromatic rings. The van der Waals surface area contributed by atoms with Crippen LogP contribution in [-0.2, 0) is 31.5 Å². The Hall–Kier alpha value is -3.61. The molecule has 3 heterocycles. The topological polar surface area (TPSA) is 113 Å². The van der Waals surface area contributed by atoms with E-state index in [1.54, 1.807) is 18.5 Å². The van der Waals surface area contributed by atoms with Gasteiger partial charge in [0, 0.05) is 30.4 Å². The van der Waals surface area contributed by atoms with E-state index >= 15 is 0 Å². The zero-order valence-corrected chi connectivity index (χ0v) is 25.3. The molecule has 0 aliphatic carbocycles. The number of hydrogen-bond donors (Lipinski definition) is 1. The SMILES string of the molecule is CS(=O)(=O)CCOCCCC1(c2cc3c(Nc4ccc(OCc5cccc(F)c5)c(Br)c4)ncnc3cn2)CC=CO1. The first-order valence-corrected chi connectivity index (χ1v) is 16.2. The smallest absolute Gasteiger partial charge is 0.153 e. The Bertz CT molecular complexity index is 1690. The number of sulfone groups is 1. The van der Waals surface area contributed by atoms with Gasteiger partial charge in [0.15, 0.2) is 5.60 Å². The molecule has 0 saturated heterocycles. The average molecular weight is 658 g/mol. The van der Waals surface area contributed by atoms with Gasteiger partial charge in [-0.2, -0.15) is 0 Å². The number of nitrogens with one attached hydrogen (secondary N) is 1. The van der Waals surface area contributed by atoms with E-state index in [0.717, 1.165) is 26.8 Å². The van der Waals surface area contributed by atoms with Gasteiger partial charge in [-0.3, -0.25) is 4.98 Å². The highest BCUT2D eigenvalue weighted by Crippen LogP contribution is 2.39. The lowest BCUT2D eigenvalue weighted by molar-refractivity contribution is 0.0173. The van der Waals surface area contributed by atoms with Crippen LogP contribution in [0.3, 0.4) is 0 Å². The van der Waals surface area contributed by atoms with Crippen LogP contribution in [0.5, 0.6) is 5.75 Å². The van der Waals surface area contributed by atoms with Gasteiger partial charge >= 0.3 is 0 Å². The summed E-state index contributed by atoms with van der Waals surface area (Å²) in [5.41, 5.74) is 2.27. The number of ether oxygens (including phenoxy) is 3. The molecule has 1 N–H and O–H groups in total. The summed E-state index contributed by atoms with van der Waals surface area (Å²) in [5, 5.41) is 4.15. The normalized spacial score (nSPS) is 16.5. The van der Waals surface area contributed by atoms with Crippen molar-refractivity contribution < 1.29 is 27.0 Å². The number of rotatable bonds is 13. The standard InChI is InChI=1S/C30H30BrFN4O5S/c1-42(37,38)14-13-39-11-3-9-30(10-4-12-41-30)28-17-24-26(18-33-28)34-20-35-29(24)36-23-7-8-27(25(31)16-23)40-19-21-5-2-6-22(32)15-21/h2,4-8,12,15-18,20H,3,9-11,13-14,19H2,1H3,(H,34,35,36). The van der Waals surface area contributed by atoms with Crippen LogP contribution in [0.4, 0.5) is 15.9 Å². The fourth-order valence-corrected chi connectivity index (χ4v) is 5.53. The maximum absolute atomic E-state index is 13.5. The largest absolute Gasteiger partial charge is 0.489 e. The molecule has 220 valence electrons. The molecule has 0 spiro atoms. The Morgan fingerprint density at radius 3 is 2.76 bits per heavy atom. The Kier molecular flexibility index (Phi) is 9.34. The fraction of sp³-hybridized carbons (Fsp3) is 0.300. The van der Waals surface area contributed by atoms with Gasteiger partial charge < -0.3 is 19.5 Å². The van der Waals surface area contributed by atoms with Crippen LogP contribution in [-0.4, -0.2) is 48.6 Å². The molecule has 12 heteroatoms. The van der Waals surface area contributed by atoms with Gasteiger partial charge in [-0.05, 0) is 76.8 Å². The first-order chi connectivity index (χ1) is 20.2. The highest BCUT2D eigenvalue weighted by Gasteiger charge is 2.36. The highest BCUT2D eigenvalue weighted by molar-refractivity contribution is 9.10. The van der Waals surface area contributed by atoms with Crippen molar-refractivity contribution in [1.82, 2.24) is 15.0 Å². The van der Waals surface area contributed by atoms with Crippen molar-refractivity contribution in [2.75, 3.05) is 30.5 Å². The molecule has 0 bridgehead atoms. The second-order valence-electron chi connectivity index (χ2n) is 10.0. The highest BCUT2D eigenvalue weighted by atomic mass is 79.9. The minimum absolute atomic E-state index is 0.000555. The zero-order valence-electron chi connectivity index (χ0n) is 22.9. The summed E-state index contributed by atoms with van der Waals surface area (Å²) in [6.45, 7) is 0.823. The molecule has 1 aliphatic rings. The second-order valence-corrected chi connectivity index (χ2v) is 13.1. The van der Waals surface area contributed by atoms with Crippen LogP contribution in [0.1, 0.15) is 30.5 Å². The number of anilines is 2. The Labute approximate surface area is 252 Å². The minimum Gasteiger partial charge on any atom is -0.489 e. The van der Waals surface area contributed by atoms with Crippen LogP contribution >= 0.6 is 15.9 Å². The van der Waals surface area contributed by atoms with Gasteiger partial charge in [0.05, 0.1) is 40.5 Å². The maximum Gasteiger partial charge on any atom is 0.153 e. The monoisotopic (exact) mass is 656 g/mol. The van der Waals surface area contributed by atoms with Gasteiger partial charge in [-0.15, -0.1) is 0 Å². The van der Waals surface area contributed by atoms with Crippen LogP contribution < -0.4 is 10.1 Å². The molecular formula is C30H30BrFN4O5S. The van der Waals surface area contributed by atoms with Gasteiger partial charge in [0.1, 0.15) is 40.2 Å². The average Bonchev–Trinajstić information content (AvgIpc) is 3.44. The quantitative estimate of drug-likeness (QED) is 0.168. The summed E-state index contributed by atoms with van der Waals surface area (Å²) >= 11 is 3.57. The molecular weight excluding hydrogens is 627 g/mol. The lowest BCUT2D eigenvalue weighted by atomic mass is 9.90. The molecule has 1 unspecified atom stereocenters. The number of nitrogens with zero attached hydrogens (tertiary/aromatic N) is 3. The van der Waals surface area contributed by atoms with Crippen molar-refractivity contribution in [2.45, 2.75) is 31.5 Å². The summed E-state index contributed by atoms with van der Waals surface area (Å²) in [7, 11) is -3.06. The fourth-order valence-electron chi connectivity index (χ4n) is 4.62. The summed E-state index contributed by atoms with van der Waals surface area (Å²) in [6, 6.07) is 13.8. The predicted molar refractivity (Wildman–Crippen MR) is 162 cm³/mol. The van der Waals surface area contributed by atoms with E-state index in [9.17, 15) is 12.8 Å². The first kappa shape index (κ1) is 29.9. The molecule has 0 saturated carbocycles. The molecule has 42 heavy (non-hydrogen) atoms. The van der Waals surface area contributed by atoms with Crippen molar-refractivity contribution in [1.29, 1.82) is 0 Å². The number of fused-ring (bicyclic) bond motifs is 1. The molecule has 1 atom stereocenters. The van der Waals surface area contributed by atoms with Crippen LogP contribution in [0.15, 0.2) is 77.9 Å². The molecule has 5 rings (SSSR count). The second kappa shape index (κ2) is 13.1. The maximum atomic E-state index is 13.5. The third-order valence-corrected chi connectivity index (χ3v) is 8.30. The summed E-state index contributed by atoms with van der Waals surface area (Å²) < 4.78 is 54.4. The lowest BCUT2D eigenvalue weighted by Gasteiger charge is -2.28. The Morgan fingerprint density at radius 1 is 1.12 bits per heavy atom. The summed E-state index contributed by atoms with van der Waals surface area (Å²) in [4.78, 5) is 13.6. The van der Waals surface area contributed by atoms with E-state index in [-0.39, 0.29) is 24.8 Å². The third-order valence-electron chi connectivity index (χ3n) is 6.77. The number of aromatic nitrogens is 3. The van der Waals surface area contributed by atoms with Crippen LogP contribution in [0.25, 0.3) is 10.9 Å². The molecule has 1 aliphatic heterocycles. The van der Waals surface area contributed by atoms with E-state index in [2.05, 4.69) is 36.2 Å². The molecule has 0 amide bonds. The first-order valence-electron chi connectivity index (χ1n) is 13.3. The summed E-state index contributed by atoms with van der Waals surface area (Å²) in [6.07, 6.45) is 9.99. The predicted octanol–water partition coefficient (Wildman–Crippen LogP) is 6.22. The van der Waals surface area contributed by atoms with Crippen molar-refractivity contribution in [3.05, 3.63) is 94.9 Å². The van der Waals surface area contributed by atoms with Crippen molar-refractivity contribution in [2.24, 2.45) is 0 Å². The number of halogens is 2. The molecule has 2 aromatic heterocycles. The van der Waals surface area contributed by atoms with E-state index < -0.39 is 15.4 Å². The van der Waals surface area contributed by atoms with Crippen molar-refractivity contribution in [3.8, 4) is 5.75 Å². The van der Waals surface area contributed by atoms with E-state index in [0.29, 0.717) is 43.0 Å².